The molecule has 0 amide bonds. The first-order valence-corrected chi connectivity index (χ1v) is 11.2. The minimum atomic E-state index is -3.62. The fraction of sp³-hybridized carbons (Fsp3) is 0.261. The molecule has 1 aliphatic rings. The van der Waals surface area contributed by atoms with Gasteiger partial charge >= 0.3 is 0 Å². The molecule has 0 unspecified atom stereocenters. The van der Waals surface area contributed by atoms with Crippen LogP contribution in [0.3, 0.4) is 0 Å². The lowest BCUT2D eigenvalue weighted by molar-refractivity contribution is 0.440. The van der Waals surface area contributed by atoms with Crippen molar-refractivity contribution in [3.05, 3.63) is 83.2 Å². The Morgan fingerprint density at radius 1 is 0.931 bits per heavy atom. The van der Waals surface area contributed by atoms with Crippen LogP contribution < -0.4 is 0 Å². The molecule has 0 aliphatic carbocycles. The van der Waals surface area contributed by atoms with Gasteiger partial charge in [-0.2, -0.15) is 9.40 Å². The molecule has 0 N–H and O–H groups in total. The van der Waals surface area contributed by atoms with Gasteiger partial charge in [-0.1, -0.05) is 54.1 Å². The van der Waals surface area contributed by atoms with E-state index in [9.17, 15) is 8.42 Å². The van der Waals surface area contributed by atoms with Gasteiger partial charge in [-0.3, -0.25) is 0 Å². The molecule has 3 aromatic rings. The van der Waals surface area contributed by atoms with Gasteiger partial charge in [0, 0.05) is 13.1 Å². The number of hydrogen-bond donors (Lipinski definition) is 0. The molecule has 1 aromatic heterocycles. The number of benzene rings is 2. The van der Waals surface area contributed by atoms with Gasteiger partial charge in [0.05, 0.1) is 17.1 Å². The second kappa shape index (κ2) is 7.61. The molecule has 0 radical (unpaired) electrons. The third-order valence-electron chi connectivity index (χ3n) is 5.42. The number of sulfonamides is 1. The van der Waals surface area contributed by atoms with E-state index in [2.05, 4.69) is 17.2 Å². The molecule has 0 atom stereocenters. The fourth-order valence-corrected chi connectivity index (χ4v) is 5.59. The van der Waals surface area contributed by atoms with Crippen LogP contribution in [0.2, 0.25) is 0 Å². The maximum atomic E-state index is 13.4. The maximum absolute atomic E-state index is 13.4. The lowest BCUT2D eigenvalue weighted by Gasteiger charge is -2.26. The third kappa shape index (κ3) is 3.66. The first-order valence-electron chi connectivity index (χ1n) is 9.76. The Labute approximate surface area is 172 Å². The van der Waals surface area contributed by atoms with Gasteiger partial charge in [0.25, 0.3) is 0 Å². The summed E-state index contributed by atoms with van der Waals surface area (Å²) in [7, 11) is -3.62. The first kappa shape index (κ1) is 19.6. The van der Waals surface area contributed by atoms with Gasteiger partial charge < -0.3 is 0 Å². The highest BCUT2D eigenvalue weighted by Gasteiger charge is 2.32. The van der Waals surface area contributed by atoms with Gasteiger partial charge in [0.2, 0.25) is 10.0 Å². The van der Waals surface area contributed by atoms with Crippen LogP contribution >= 0.6 is 0 Å². The molecule has 0 bridgehead atoms. The van der Waals surface area contributed by atoms with Gasteiger partial charge in [-0.05, 0) is 50.5 Å². The van der Waals surface area contributed by atoms with E-state index < -0.39 is 10.0 Å². The zero-order chi connectivity index (χ0) is 20.6. The van der Waals surface area contributed by atoms with E-state index >= 15 is 0 Å². The van der Waals surface area contributed by atoms with Crippen LogP contribution in [0.4, 0.5) is 0 Å². The molecule has 4 rings (SSSR count). The van der Waals surface area contributed by atoms with E-state index in [4.69, 9.17) is 0 Å². The molecule has 6 heteroatoms. The Bertz CT molecular complexity index is 1160. The van der Waals surface area contributed by atoms with Crippen LogP contribution in [0.25, 0.3) is 11.3 Å². The van der Waals surface area contributed by atoms with Crippen LogP contribution in [0.5, 0.6) is 0 Å². The van der Waals surface area contributed by atoms with Crippen molar-refractivity contribution in [2.75, 3.05) is 13.1 Å². The molecule has 1 aliphatic heterocycles. The van der Waals surface area contributed by atoms with E-state index in [1.165, 1.54) is 5.57 Å². The monoisotopic (exact) mass is 407 g/mol. The van der Waals surface area contributed by atoms with Crippen molar-refractivity contribution in [1.82, 2.24) is 14.1 Å². The van der Waals surface area contributed by atoms with Gasteiger partial charge in [0.1, 0.15) is 4.90 Å². The Morgan fingerprint density at radius 2 is 1.62 bits per heavy atom. The number of aryl methyl sites for hydroxylation is 2. The lowest BCUT2D eigenvalue weighted by Crippen LogP contribution is -2.35. The Balaban J connectivity index is 1.65. The third-order valence-corrected chi connectivity index (χ3v) is 7.54. The molecular formula is C23H25N3O2S. The second-order valence-corrected chi connectivity index (χ2v) is 9.33. The number of hydrogen-bond acceptors (Lipinski definition) is 3. The fourth-order valence-electron chi connectivity index (χ4n) is 3.85. The molecule has 5 nitrogen and oxygen atoms in total. The summed E-state index contributed by atoms with van der Waals surface area (Å²) in [6.07, 6.45) is 2.72. The average Bonchev–Trinajstić information content (AvgIpc) is 3.04. The molecule has 2 heterocycles. The Kier molecular flexibility index (Phi) is 5.15. The summed E-state index contributed by atoms with van der Waals surface area (Å²) in [5, 5.41) is 4.53. The quantitative estimate of drug-likeness (QED) is 0.649. The molecule has 29 heavy (non-hydrogen) atoms. The molecule has 0 fully saturated rings. The minimum Gasteiger partial charge on any atom is -0.236 e. The van der Waals surface area contributed by atoms with Crippen LogP contribution in [0.1, 0.15) is 28.9 Å². The normalized spacial score (nSPS) is 15.3. The number of rotatable bonds is 4. The molecule has 0 saturated heterocycles. The van der Waals surface area contributed by atoms with Crippen molar-refractivity contribution in [3.8, 4) is 5.69 Å². The standard InChI is InChI=1S/C23H25N3O2S/c1-17-9-11-22(12-10-17)26-19(3)23(18(2)24-26)29(27,28)25-15-13-21(14-16-25)20-7-5-4-6-8-20/h4-13H,14-16H2,1-3H3. The smallest absolute Gasteiger partial charge is 0.236 e. The minimum absolute atomic E-state index is 0.314. The van der Waals surface area contributed by atoms with Gasteiger partial charge in [0.15, 0.2) is 0 Å². The Hall–Kier alpha value is -2.70. The molecule has 0 saturated carbocycles. The topological polar surface area (TPSA) is 55.2 Å². The largest absolute Gasteiger partial charge is 0.247 e. The predicted octanol–water partition coefficient (Wildman–Crippen LogP) is 4.28. The highest BCUT2D eigenvalue weighted by molar-refractivity contribution is 7.89. The summed E-state index contributed by atoms with van der Waals surface area (Å²) in [6, 6.07) is 18.0. The highest BCUT2D eigenvalue weighted by atomic mass is 32.2. The van der Waals surface area contributed by atoms with Crippen LogP contribution in [-0.4, -0.2) is 35.6 Å². The van der Waals surface area contributed by atoms with Crippen LogP contribution in [0.15, 0.2) is 65.6 Å². The number of aromatic nitrogens is 2. The average molecular weight is 408 g/mol. The van der Waals surface area contributed by atoms with E-state index in [0.29, 0.717) is 35.8 Å². The molecule has 0 spiro atoms. The maximum Gasteiger partial charge on any atom is 0.247 e. The highest BCUT2D eigenvalue weighted by Crippen LogP contribution is 2.29. The lowest BCUT2D eigenvalue weighted by atomic mass is 10.0. The van der Waals surface area contributed by atoms with Crippen molar-refractivity contribution in [2.45, 2.75) is 32.1 Å². The SMILES string of the molecule is Cc1ccc(-n2nc(C)c(S(=O)(=O)N3CC=C(c4ccccc4)CC3)c2C)cc1. The molecule has 150 valence electrons. The van der Waals surface area contributed by atoms with E-state index in [-0.39, 0.29) is 0 Å². The van der Waals surface area contributed by atoms with Crippen molar-refractivity contribution in [3.63, 3.8) is 0 Å². The van der Waals surface area contributed by atoms with Gasteiger partial charge in [-0.15, -0.1) is 0 Å². The summed E-state index contributed by atoms with van der Waals surface area (Å²) in [5.74, 6) is 0. The van der Waals surface area contributed by atoms with Crippen molar-refractivity contribution >= 4 is 15.6 Å². The van der Waals surface area contributed by atoms with Crippen LogP contribution in [0, 0.1) is 20.8 Å². The second-order valence-electron chi connectivity index (χ2n) is 7.46. The summed E-state index contributed by atoms with van der Waals surface area (Å²) < 4.78 is 30.1. The van der Waals surface area contributed by atoms with Gasteiger partial charge in [-0.25, -0.2) is 13.1 Å². The van der Waals surface area contributed by atoms with E-state index in [1.54, 1.807) is 15.9 Å². The first-order chi connectivity index (χ1) is 13.9. The van der Waals surface area contributed by atoms with Crippen molar-refractivity contribution in [2.24, 2.45) is 0 Å². The molecular weight excluding hydrogens is 382 g/mol. The predicted molar refractivity (Wildman–Crippen MR) is 116 cm³/mol. The van der Waals surface area contributed by atoms with E-state index in [1.807, 2.05) is 62.4 Å². The summed E-state index contributed by atoms with van der Waals surface area (Å²) in [5.41, 5.74) is 5.54. The Morgan fingerprint density at radius 3 is 2.24 bits per heavy atom. The molecule has 2 aromatic carbocycles. The zero-order valence-electron chi connectivity index (χ0n) is 17.0. The van der Waals surface area contributed by atoms with Crippen molar-refractivity contribution < 1.29 is 8.42 Å². The van der Waals surface area contributed by atoms with E-state index in [0.717, 1.165) is 16.8 Å². The summed E-state index contributed by atoms with van der Waals surface area (Å²) in [6.45, 7) is 6.45. The van der Waals surface area contributed by atoms with Crippen molar-refractivity contribution in [1.29, 1.82) is 0 Å². The summed E-state index contributed by atoms with van der Waals surface area (Å²) in [4.78, 5) is 0.314. The van der Waals surface area contributed by atoms with Crippen LogP contribution in [-0.2, 0) is 10.0 Å². The zero-order valence-corrected chi connectivity index (χ0v) is 17.8. The summed E-state index contributed by atoms with van der Waals surface area (Å²) >= 11 is 0. The number of nitrogens with zero attached hydrogens (tertiary/aromatic N) is 3.